The summed E-state index contributed by atoms with van der Waals surface area (Å²) in [6.07, 6.45) is -0.192. The van der Waals surface area contributed by atoms with E-state index in [9.17, 15) is 0 Å². The second kappa shape index (κ2) is 7.15. The minimum atomic E-state index is -0.192. The Hall–Kier alpha value is 0.0200. The van der Waals surface area contributed by atoms with Gasteiger partial charge in [0.25, 0.3) is 0 Å². The van der Waals surface area contributed by atoms with E-state index in [-0.39, 0.29) is 11.5 Å². The lowest BCUT2D eigenvalue weighted by atomic mass is 9.88. The van der Waals surface area contributed by atoms with Crippen molar-refractivity contribution in [3.05, 3.63) is 20.2 Å². The largest absolute Gasteiger partial charge is 0.378 e. The molecule has 4 nitrogen and oxygen atoms in total. The molecule has 0 amide bonds. The number of halogens is 2. The Labute approximate surface area is 133 Å². The normalized spacial score (nSPS) is 13.6. The van der Waals surface area contributed by atoms with Gasteiger partial charge in [-0.15, -0.1) is 0 Å². The molecular weight excluding hydrogens is 379 g/mol. The fraction of sp³-hybridized carbons (Fsp3) is 0.692. The Balaban J connectivity index is 3.24. The van der Waals surface area contributed by atoms with Crippen molar-refractivity contribution in [3.8, 4) is 0 Å². The molecule has 0 radical (unpaired) electrons. The summed E-state index contributed by atoms with van der Waals surface area (Å²) in [4.78, 5) is 8.92. The molecule has 1 aromatic rings. The van der Waals surface area contributed by atoms with Crippen LogP contribution >= 0.6 is 34.2 Å². The maximum atomic E-state index is 6.18. The molecule has 108 valence electrons. The monoisotopic (exact) mass is 398 g/mol. The number of rotatable bonds is 5. The number of hydrogen-bond acceptors (Lipinski definition) is 4. The van der Waals surface area contributed by atoms with Gasteiger partial charge in [-0.1, -0.05) is 32.4 Å². The summed E-state index contributed by atoms with van der Waals surface area (Å²) in [5, 5.41) is 0.451. The summed E-state index contributed by atoms with van der Waals surface area (Å²) in [5.74, 6) is 0.617. The van der Waals surface area contributed by atoms with E-state index >= 15 is 0 Å². The first kappa shape index (κ1) is 17.1. The molecule has 0 saturated heterocycles. The molecular formula is C13H20ClIN2O2. The predicted molar refractivity (Wildman–Crippen MR) is 84.3 cm³/mol. The van der Waals surface area contributed by atoms with E-state index in [0.29, 0.717) is 24.2 Å². The molecule has 0 aliphatic heterocycles. The number of nitrogens with zero attached hydrogens (tertiary/aromatic N) is 2. The number of aromatic nitrogens is 2. The van der Waals surface area contributed by atoms with Gasteiger partial charge >= 0.3 is 0 Å². The summed E-state index contributed by atoms with van der Waals surface area (Å²) in [5.41, 5.74) is 0.697. The number of ether oxygens (including phenoxy) is 2. The van der Waals surface area contributed by atoms with E-state index in [0.717, 1.165) is 9.26 Å². The highest BCUT2D eigenvalue weighted by Gasteiger charge is 2.30. The van der Waals surface area contributed by atoms with E-state index in [2.05, 4.69) is 53.3 Å². The van der Waals surface area contributed by atoms with Crippen molar-refractivity contribution >= 4 is 34.2 Å². The van der Waals surface area contributed by atoms with Gasteiger partial charge in [0, 0.05) is 13.7 Å². The molecule has 19 heavy (non-hydrogen) atoms. The first-order valence-corrected chi connectivity index (χ1v) is 7.59. The van der Waals surface area contributed by atoms with Crippen molar-refractivity contribution in [2.45, 2.75) is 40.4 Å². The van der Waals surface area contributed by atoms with Crippen LogP contribution in [0.25, 0.3) is 0 Å². The highest BCUT2D eigenvalue weighted by atomic mass is 127. The van der Waals surface area contributed by atoms with Crippen LogP contribution < -0.4 is 0 Å². The Kier molecular flexibility index (Phi) is 6.42. The molecule has 0 aliphatic carbocycles. The van der Waals surface area contributed by atoms with Crippen LogP contribution in [-0.4, -0.2) is 23.7 Å². The predicted octanol–water partition coefficient (Wildman–Crippen LogP) is 4.00. The highest BCUT2D eigenvalue weighted by molar-refractivity contribution is 14.1. The van der Waals surface area contributed by atoms with Gasteiger partial charge in [-0.3, -0.25) is 0 Å². The molecule has 0 N–H and O–H groups in total. The molecule has 1 atom stereocenters. The standard InChI is InChI=1S/C13H20ClIN2O2/c1-6-19-10(13(2,3)4)12-16-8(7-18-5)9(15)11(14)17-12/h10H,6-7H2,1-5H3. The smallest absolute Gasteiger partial charge is 0.159 e. The first-order chi connectivity index (χ1) is 8.81. The van der Waals surface area contributed by atoms with Crippen molar-refractivity contribution in [1.29, 1.82) is 0 Å². The van der Waals surface area contributed by atoms with Crippen LogP contribution in [0.4, 0.5) is 0 Å². The van der Waals surface area contributed by atoms with Crippen molar-refractivity contribution in [2.24, 2.45) is 5.41 Å². The Bertz CT molecular complexity index is 435. The molecule has 0 saturated carbocycles. The van der Waals surface area contributed by atoms with E-state index in [1.807, 2.05) is 6.92 Å². The van der Waals surface area contributed by atoms with E-state index < -0.39 is 0 Å². The molecule has 1 aromatic heterocycles. The third-order valence-electron chi connectivity index (χ3n) is 2.53. The first-order valence-electron chi connectivity index (χ1n) is 6.13. The molecule has 0 aromatic carbocycles. The van der Waals surface area contributed by atoms with Gasteiger partial charge in [0.15, 0.2) is 5.82 Å². The Morgan fingerprint density at radius 2 is 1.95 bits per heavy atom. The lowest BCUT2D eigenvalue weighted by Gasteiger charge is -2.29. The van der Waals surface area contributed by atoms with Gasteiger partial charge in [-0.2, -0.15) is 0 Å². The summed E-state index contributed by atoms with van der Waals surface area (Å²) >= 11 is 8.31. The van der Waals surface area contributed by atoms with Crippen molar-refractivity contribution in [3.63, 3.8) is 0 Å². The fourth-order valence-corrected chi connectivity index (χ4v) is 2.30. The second-order valence-electron chi connectivity index (χ2n) is 5.27. The van der Waals surface area contributed by atoms with Crippen LogP contribution in [0.5, 0.6) is 0 Å². The fourth-order valence-electron chi connectivity index (χ4n) is 1.71. The quantitative estimate of drug-likeness (QED) is 0.555. The summed E-state index contributed by atoms with van der Waals surface area (Å²) < 4.78 is 11.8. The summed E-state index contributed by atoms with van der Waals surface area (Å²) in [6.45, 7) is 9.27. The molecule has 1 unspecified atom stereocenters. The molecule has 0 bridgehead atoms. The lowest BCUT2D eigenvalue weighted by Crippen LogP contribution is -2.24. The molecule has 0 aliphatic rings. The summed E-state index contributed by atoms with van der Waals surface area (Å²) in [6, 6.07) is 0. The number of hydrogen-bond donors (Lipinski definition) is 0. The van der Waals surface area contributed by atoms with Crippen LogP contribution in [0.15, 0.2) is 0 Å². The topological polar surface area (TPSA) is 44.2 Å². The van der Waals surface area contributed by atoms with Crippen molar-refractivity contribution in [2.75, 3.05) is 13.7 Å². The lowest BCUT2D eigenvalue weighted by molar-refractivity contribution is -0.0194. The van der Waals surface area contributed by atoms with Crippen LogP contribution in [0.1, 0.15) is 45.3 Å². The Morgan fingerprint density at radius 3 is 2.42 bits per heavy atom. The van der Waals surface area contributed by atoms with Crippen LogP contribution in [0.2, 0.25) is 5.15 Å². The van der Waals surface area contributed by atoms with E-state index in [1.54, 1.807) is 7.11 Å². The maximum Gasteiger partial charge on any atom is 0.159 e. The summed E-state index contributed by atoms with van der Waals surface area (Å²) in [7, 11) is 1.63. The zero-order valence-corrected chi connectivity index (χ0v) is 14.9. The third-order valence-corrected chi connectivity index (χ3v) is 4.26. The number of methoxy groups -OCH3 is 1. The second-order valence-corrected chi connectivity index (χ2v) is 6.70. The maximum absolute atomic E-state index is 6.18. The molecule has 1 heterocycles. The van der Waals surface area contributed by atoms with Crippen LogP contribution in [0, 0.1) is 8.99 Å². The zero-order chi connectivity index (χ0) is 14.6. The zero-order valence-electron chi connectivity index (χ0n) is 12.0. The van der Waals surface area contributed by atoms with Gasteiger partial charge in [0.1, 0.15) is 11.3 Å². The minimum Gasteiger partial charge on any atom is -0.378 e. The minimum absolute atomic E-state index is 0.101. The third kappa shape index (κ3) is 4.51. The van der Waals surface area contributed by atoms with Gasteiger partial charge in [0.05, 0.1) is 15.9 Å². The van der Waals surface area contributed by atoms with E-state index in [4.69, 9.17) is 21.1 Å². The molecule has 0 spiro atoms. The van der Waals surface area contributed by atoms with E-state index in [1.165, 1.54) is 0 Å². The van der Waals surface area contributed by atoms with Crippen molar-refractivity contribution < 1.29 is 9.47 Å². The van der Waals surface area contributed by atoms with Gasteiger partial charge < -0.3 is 9.47 Å². The van der Waals surface area contributed by atoms with Gasteiger partial charge in [-0.05, 0) is 34.9 Å². The van der Waals surface area contributed by atoms with Crippen molar-refractivity contribution in [1.82, 2.24) is 9.97 Å². The Morgan fingerprint density at radius 1 is 1.32 bits per heavy atom. The van der Waals surface area contributed by atoms with Gasteiger partial charge in [0.2, 0.25) is 0 Å². The van der Waals surface area contributed by atoms with Crippen LogP contribution in [0.3, 0.4) is 0 Å². The molecule has 1 rings (SSSR count). The molecule has 0 fully saturated rings. The molecule has 6 heteroatoms. The van der Waals surface area contributed by atoms with Gasteiger partial charge in [-0.25, -0.2) is 9.97 Å². The highest BCUT2D eigenvalue weighted by Crippen LogP contribution is 2.35. The average molecular weight is 399 g/mol. The SMILES string of the molecule is CCOC(c1nc(Cl)c(I)c(COC)n1)C(C)(C)C. The average Bonchev–Trinajstić information content (AvgIpc) is 2.30. The van der Waals surface area contributed by atoms with Crippen LogP contribution in [-0.2, 0) is 16.1 Å².